The van der Waals surface area contributed by atoms with Crippen molar-refractivity contribution < 1.29 is 22.7 Å². The Morgan fingerprint density at radius 3 is 2.24 bits per heavy atom. The molecular weight excluding hydrogens is 492 g/mol. The SMILES string of the molecule is CCOc1ccc(N(C(C)C(=O)NN=C(C)c2cccc(NC(=O)c3ccccc3)c2)S(C)(=O)=O)cc1. The van der Waals surface area contributed by atoms with E-state index in [1.54, 1.807) is 79.7 Å². The number of nitrogens with one attached hydrogen (secondary N) is 2. The van der Waals surface area contributed by atoms with Crippen LogP contribution in [0.25, 0.3) is 0 Å². The van der Waals surface area contributed by atoms with Crippen molar-refractivity contribution in [2.24, 2.45) is 5.10 Å². The van der Waals surface area contributed by atoms with Gasteiger partial charge in [-0.25, -0.2) is 13.8 Å². The van der Waals surface area contributed by atoms with Crippen LogP contribution in [0, 0.1) is 0 Å². The summed E-state index contributed by atoms with van der Waals surface area (Å²) in [6.45, 7) is 5.51. The summed E-state index contributed by atoms with van der Waals surface area (Å²) in [4.78, 5) is 25.3. The number of carbonyl (C=O) groups excluding carboxylic acids is 2. The Kier molecular flexibility index (Phi) is 9.02. The normalized spacial score (nSPS) is 12.4. The van der Waals surface area contributed by atoms with Gasteiger partial charge < -0.3 is 10.1 Å². The van der Waals surface area contributed by atoms with E-state index in [-0.39, 0.29) is 5.91 Å². The van der Waals surface area contributed by atoms with E-state index in [4.69, 9.17) is 4.74 Å². The van der Waals surface area contributed by atoms with Crippen molar-refractivity contribution in [3.05, 3.63) is 90.0 Å². The molecule has 10 heteroatoms. The fourth-order valence-corrected chi connectivity index (χ4v) is 4.75. The van der Waals surface area contributed by atoms with E-state index in [9.17, 15) is 18.0 Å². The molecule has 3 aromatic carbocycles. The fraction of sp³-hybridized carbons (Fsp3) is 0.222. The summed E-state index contributed by atoms with van der Waals surface area (Å²) in [5.74, 6) is -0.254. The Bertz CT molecular complexity index is 1370. The Hall–Kier alpha value is -4.18. The number of anilines is 2. The largest absolute Gasteiger partial charge is 0.494 e. The predicted molar refractivity (Wildman–Crippen MR) is 146 cm³/mol. The van der Waals surface area contributed by atoms with Crippen LogP contribution in [0.2, 0.25) is 0 Å². The number of carbonyl (C=O) groups is 2. The first-order valence-corrected chi connectivity index (χ1v) is 13.5. The lowest BCUT2D eigenvalue weighted by Crippen LogP contribution is -2.46. The van der Waals surface area contributed by atoms with E-state index in [0.29, 0.717) is 40.6 Å². The summed E-state index contributed by atoms with van der Waals surface area (Å²) in [7, 11) is -3.78. The molecule has 0 saturated carbocycles. The molecule has 0 aliphatic heterocycles. The van der Waals surface area contributed by atoms with Gasteiger partial charge in [-0.3, -0.25) is 13.9 Å². The summed E-state index contributed by atoms with van der Waals surface area (Å²) in [5, 5.41) is 6.99. The van der Waals surface area contributed by atoms with E-state index in [1.807, 2.05) is 13.0 Å². The van der Waals surface area contributed by atoms with Crippen LogP contribution in [0.5, 0.6) is 5.75 Å². The summed E-state index contributed by atoms with van der Waals surface area (Å²) in [5.41, 5.74) is 5.03. The number of hydrogen-bond acceptors (Lipinski definition) is 6. The van der Waals surface area contributed by atoms with Gasteiger partial charge in [0.05, 0.1) is 24.3 Å². The molecule has 1 unspecified atom stereocenters. The molecule has 1 atom stereocenters. The second kappa shape index (κ2) is 12.2. The molecule has 2 amide bonds. The smallest absolute Gasteiger partial charge is 0.263 e. The van der Waals surface area contributed by atoms with Crippen LogP contribution in [0.3, 0.4) is 0 Å². The van der Waals surface area contributed by atoms with Crippen LogP contribution >= 0.6 is 0 Å². The monoisotopic (exact) mass is 522 g/mol. The second-order valence-electron chi connectivity index (χ2n) is 8.24. The van der Waals surface area contributed by atoms with Gasteiger partial charge in [-0.15, -0.1) is 0 Å². The number of hydrazone groups is 1. The van der Waals surface area contributed by atoms with Crippen molar-refractivity contribution >= 4 is 38.9 Å². The summed E-state index contributed by atoms with van der Waals surface area (Å²) in [6, 6.07) is 21.3. The third-order valence-electron chi connectivity index (χ3n) is 5.40. The maximum absolute atomic E-state index is 12.9. The summed E-state index contributed by atoms with van der Waals surface area (Å²) in [6.07, 6.45) is 1.04. The molecule has 3 rings (SSSR count). The predicted octanol–water partition coefficient (Wildman–Crippen LogP) is 4.03. The quantitative estimate of drug-likeness (QED) is 0.308. The van der Waals surface area contributed by atoms with Crippen molar-refractivity contribution in [3.63, 3.8) is 0 Å². The van der Waals surface area contributed by atoms with Gasteiger partial charge in [-0.1, -0.05) is 30.3 Å². The van der Waals surface area contributed by atoms with Gasteiger partial charge in [0, 0.05) is 11.3 Å². The molecule has 3 aromatic rings. The van der Waals surface area contributed by atoms with Crippen molar-refractivity contribution in [1.82, 2.24) is 5.43 Å². The number of benzene rings is 3. The number of nitrogens with zero attached hydrogens (tertiary/aromatic N) is 2. The molecule has 194 valence electrons. The Labute approximate surface area is 217 Å². The molecule has 37 heavy (non-hydrogen) atoms. The zero-order valence-corrected chi connectivity index (χ0v) is 22.0. The molecule has 2 N–H and O–H groups in total. The lowest BCUT2D eigenvalue weighted by atomic mass is 10.1. The molecular formula is C27H30N4O5S. The van der Waals surface area contributed by atoms with Gasteiger partial charge in [0.1, 0.15) is 11.8 Å². The maximum Gasteiger partial charge on any atom is 0.263 e. The summed E-state index contributed by atoms with van der Waals surface area (Å²) >= 11 is 0. The molecule has 0 fully saturated rings. The topological polar surface area (TPSA) is 117 Å². The minimum absolute atomic E-state index is 0.246. The van der Waals surface area contributed by atoms with E-state index < -0.39 is 22.0 Å². The molecule has 9 nitrogen and oxygen atoms in total. The van der Waals surface area contributed by atoms with Crippen LogP contribution in [-0.4, -0.2) is 44.8 Å². The first kappa shape index (κ1) is 27.4. The molecule has 0 aromatic heterocycles. The maximum atomic E-state index is 12.9. The Morgan fingerprint density at radius 2 is 1.62 bits per heavy atom. The average Bonchev–Trinajstić information content (AvgIpc) is 2.88. The van der Waals surface area contributed by atoms with Crippen LogP contribution in [0.4, 0.5) is 11.4 Å². The summed E-state index contributed by atoms with van der Waals surface area (Å²) < 4.78 is 31.5. The van der Waals surface area contributed by atoms with Crippen LogP contribution in [0.15, 0.2) is 84.0 Å². The lowest BCUT2D eigenvalue weighted by molar-refractivity contribution is -0.121. The van der Waals surface area contributed by atoms with Crippen molar-refractivity contribution in [2.75, 3.05) is 22.5 Å². The highest BCUT2D eigenvalue weighted by atomic mass is 32.2. The van der Waals surface area contributed by atoms with Crippen molar-refractivity contribution in [1.29, 1.82) is 0 Å². The number of hydrogen-bond donors (Lipinski definition) is 2. The second-order valence-corrected chi connectivity index (χ2v) is 10.1. The van der Waals surface area contributed by atoms with Crippen LogP contribution in [-0.2, 0) is 14.8 Å². The van der Waals surface area contributed by atoms with Gasteiger partial charge in [-0.2, -0.15) is 5.10 Å². The zero-order valence-electron chi connectivity index (χ0n) is 21.1. The molecule has 0 aliphatic rings. The van der Waals surface area contributed by atoms with Gasteiger partial charge in [0.15, 0.2) is 0 Å². The molecule has 0 heterocycles. The Balaban J connectivity index is 1.72. The van der Waals surface area contributed by atoms with E-state index in [1.165, 1.54) is 6.92 Å². The molecule has 0 radical (unpaired) electrons. The van der Waals surface area contributed by atoms with E-state index in [0.717, 1.165) is 10.6 Å². The first-order valence-electron chi connectivity index (χ1n) is 11.6. The molecule has 0 spiro atoms. The molecule has 0 saturated heterocycles. The van der Waals surface area contributed by atoms with E-state index in [2.05, 4.69) is 15.8 Å². The van der Waals surface area contributed by atoms with Gasteiger partial charge in [0.2, 0.25) is 10.0 Å². The zero-order chi connectivity index (χ0) is 27.0. The van der Waals surface area contributed by atoms with Gasteiger partial charge in [-0.05, 0) is 74.9 Å². The Morgan fingerprint density at radius 1 is 0.973 bits per heavy atom. The number of amides is 2. The van der Waals surface area contributed by atoms with Crippen molar-refractivity contribution in [2.45, 2.75) is 26.8 Å². The standard InChI is InChI=1S/C27H30N4O5S/c1-5-36-25-16-14-24(15-17-25)31(37(4,34)35)20(3)26(32)30-29-19(2)22-12-9-13-23(18-22)28-27(33)21-10-7-6-8-11-21/h6-18,20H,5H2,1-4H3,(H,28,33)(H,30,32). The third-order valence-corrected chi connectivity index (χ3v) is 6.64. The van der Waals surface area contributed by atoms with Crippen LogP contribution < -0.4 is 19.8 Å². The lowest BCUT2D eigenvalue weighted by Gasteiger charge is -2.27. The van der Waals surface area contributed by atoms with Crippen molar-refractivity contribution in [3.8, 4) is 5.75 Å². The van der Waals surface area contributed by atoms with Gasteiger partial charge in [0.25, 0.3) is 11.8 Å². The van der Waals surface area contributed by atoms with Crippen LogP contribution in [0.1, 0.15) is 36.7 Å². The molecule has 0 bridgehead atoms. The molecule has 0 aliphatic carbocycles. The van der Waals surface area contributed by atoms with Gasteiger partial charge >= 0.3 is 0 Å². The number of sulfonamides is 1. The minimum atomic E-state index is -3.78. The highest BCUT2D eigenvalue weighted by Gasteiger charge is 2.29. The highest BCUT2D eigenvalue weighted by Crippen LogP contribution is 2.24. The number of rotatable bonds is 10. The minimum Gasteiger partial charge on any atom is -0.494 e. The average molecular weight is 523 g/mol. The fourth-order valence-electron chi connectivity index (χ4n) is 3.58. The highest BCUT2D eigenvalue weighted by molar-refractivity contribution is 7.92. The first-order chi connectivity index (χ1) is 17.6. The van der Waals surface area contributed by atoms with E-state index >= 15 is 0 Å². The third kappa shape index (κ3) is 7.40. The number of ether oxygens (including phenoxy) is 1.